The number of hydrogen-bond acceptors (Lipinski definition) is 4. The van der Waals surface area contributed by atoms with E-state index in [4.69, 9.17) is 16.3 Å². The summed E-state index contributed by atoms with van der Waals surface area (Å²) in [6.07, 6.45) is -1.24. The summed E-state index contributed by atoms with van der Waals surface area (Å²) < 4.78 is 26.7. The van der Waals surface area contributed by atoms with Crippen LogP contribution < -0.4 is 4.74 Å². The highest BCUT2D eigenvalue weighted by Crippen LogP contribution is 2.27. The molecule has 0 aliphatic carbocycles. The van der Waals surface area contributed by atoms with Gasteiger partial charge in [-0.1, -0.05) is 19.1 Å². The number of methoxy groups -OCH3 is 1. The number of hydrogen-bond donors (Lipinski definition) is 1. The number of ether oxygens (including phenoxy) is 1. The number of benzene rings is 1. The highest BCUT2D eigenvalue weighted by atomic mass is 35.5. The molecule has 0 spiro atoms. The molecule has 0 bridgehead atoms. The zero-order valence-electron chi connectivity index (χ0n) is 9.63. The lowest BCUT2D eigenvalue weighted by molar-refractivity contribution is 0.191. The molecule has 0 amide bonds. The minimum absolute atomic E-state index is 0.103. The van der Waals surface area contributed by atoms with Crippen LogP contribution >= 0.6 is 11.6 Å². The van der Waals surface area contributed by atoms with Gasteiger partial charge in [0.2, 0.25) is 0 Å². The molecule has 1 rings (SSSR count). The summed E-state index contributed by atoms with van der Waals surface area (Å²) in [5, 5.41) is 9.87. The van der Waals surface area contributed by atoms with Crippen LogP contribution in [0.3, 0.4) is 0 Å². The van der Waals surface area contributed by atoms with E-state index in [2.05, 4.69) is 0 Å². The first-order valence-corrected chi connectivity index (χ1v) is 7.25. The fourth-order valence-corrected chi connectivity index (χ4v) is 2.70. The predicted octanol–water partition coefficient (Wildman–Crippen LogP) is 1.73. The molecule has 0 saturated carbocycles. The maximum Gasteiger partial charge on any atom is 0.169 e. The average Bonchev–Trinajstić information content (AvgIpc) is 2.37. The van der Waals surface area contributed by atoms with Crippen LogP contribution in [0.1, 0.15) is 18.6 Å². The SMILES string of the molecule is CCS(=O)(=O)[C@H](Cl)[C@H](O)c1ccc(OC)cc1. The van der Waals surface area contributed by atoms with Gasteiger partial charge in [-0.25, -0.2) is 8.42 Å². The number of alkyl halides is 1. The van der Waals surface area contributed by atoms with E-state index in [-0.39, 0.29) is 5.75 Å². The molecule has 1 aromatic carbocycles. The first-order valence-electron chi connectivity index (χ1n) is 5.10. The standard InChI is InChI=1S/C11H15ClO4S/c1-3-17(14,15)11(12)10(13)8-4-6-9(16-2)7-5-8/h4-7,10-11,13H,3H2,1-2H3/t10-,11+/m1/s1. The van der Waals surface area contributed by atoms with Gasteiger partial charge in [0, 0.05) is 5.75 Å². The third-order valence-corrected chi connectivity index (χ3v) is 5.25. The molecule has 4 nitrogen and oxygen atoms in total. The molecular formula is C11H15ClO4S. The lowest BCUT2D eigenvalue weighted by Crippen LogP contribution is -2.24. The molecule has 0 radical (unpaired) electrons. The summed E-state index contributed by atoms with van der Waals surface area (Å²) in [5.74, 6) is 0.527. The molecule has 0 unspecified atom stereocenters. The third-order valence-electron chi connectivity index (χ3n) is 2.45. The Bertz CT molecular complexity index is 455. The smallest absolute Gasteiger partial charge is 0.169 e. The molecule has 0 saturated heterocycles. The maximum atomic E-state index is 11.5. The van der Waals surface area contributed by atoms with Gasteiger partial charge in [0.25, 0.3) is 0 Å². The second-order valence-electron chi connectivity index (χ2n) is 3.52. The molecule has 1 aromatic rings. The molecule has 0 heterocycles. The molecule has 0 aliphatic heterocycles. The van der Waals surface area contributed by atoms with Gasteiger partial charge in [0.15, 0.2) is 14.5 Å². The summed E-state index contributed by atoms with van der Waals surface area (Å²) in [6.45, 7) is 1.49. The lowest BCUT2D eigenvalue weighted by Gasteiger charge is -2.17. The fraction of sp³-hybridized carbons (Fsp3) is 0.455. The number of rotatable bonds is 5. The Morgan fingerprint density at radius 3 is 2.29 bits per heavy atom. The van der Waals surface area contributed by atoms with Crippen LogP contribution in [0.25, 0.3) is 0 Å². The van der Waals surface area contributed by atoms with Gasteiger partial charge in [-0.3, -0.25) is 0 Å². The Balaban J connectivity index is 2.92. The Hall–Kier alpha value is -0.780. The van der Waals surface area contributed by atoms with Gasteiger partial charge in [-0.2, -0.15) is 0 Å². The average molecular weight is 279 g/mol. The van der Waals surface area contributed by atoms with Crippen molar-refractivity contribution in [1.82, 2.24) is 0 Å². The van der Waals surface area contributed by atoms with E-state index < -0.39 is 20.7 Å². The zero-order valence-corrected chi connectivity index (χ0v) is 11.2. The lowest BCUT2D eigenvalue weighted by atomic mass is 10.1. The second kappa shape index (κ2) is 5.71. The molecule has 17 heavy (non-hydrogen) atoms. The molecule has 0 aromatic heterocycles. The van der Waals surface area contributed by atoms with Gasteiger partial charge in [0.1, 0.15) is 11.9 Å². The van der Waals surface area contributed by atoms with Gasteiger partial charge in [-0.05, 0) is 17.7 Å². The second-order valence-corrected chi connectivity index (χ2v) is 6.66. The summed E-state index contributed by atoms with van der Waals surface area (Å²) >= 11 is 5.76. The van der Waals surface area contributed by atoms with Crippen molar-refractivity contribution in [2.45, 2.75) is 17.7 Å². The molecule has 2 atom stereocenters. The number of halogens is 1. The van der Waals surface area contributed by atoms with Crippen molar-refractivity contribution in [3.63, 3.8) is 0 Å². The number of aliphatic hydroxyl groups excluding tert-OH is 1. The first kappa shape index (κ1) is 14.3. The van der Waals surface area contributed by atoms with Crippen LogP contribution in [0.5, 0.6) is 5.75 Å². The number of sulfone groups is 1. The topological polar surface area (TPSA) is 63.6 Å². The van der Waals surface area contributed by atoms with Crippen LogP contribution in [-0.2, 0) is 9.84 Å². The number of aliphatic hydroxyl groups is 1. The molecule has 1 N–H and O–H groups in total. The van der Waals surface area contributed by atoms with E-state index in [1.54, 1.807) is 24.3 Å². The maximum absolute atomic E-state index is 11.5. The van der Waals surface area contributed by atoms with Crippen LogP contribution in [0, 0.1) is 0 Å². The third kappa shape index (κ3) is 3.34. The van der Waals surface area contributed by atoms with Crippen LogP contribution in [0.4, 0.5) is 0 Å². The summed E-state index contributed by atoms with van der Waals surface area (Å²) in [4.78, 5) is 0. The normalized spacial score (nSPS) is 15.3. The summed E-state index contributed by atoms with van der Waals surface area (Å²) in [6, 6.07) is 6.45. The highest BCUT2D eigenvalue weighted by molar-refractivity contribution is 7.93. The van der Waals surface area contributed by atoms with E-state index in [0.29, 0.717) is 11.3 Å². The summed E-state index contributed by atoms with van der Waals surface area (Å²) in [5.41, 5.74) is 0.447. The van der Waals surface area contributed by atoms with Crippen LogP contribution in [0.15, 0.2) is 24.3 Å². The van der Waals surface area contributed by atoms with Crippen molar-refractivity contribution >= 4 is 21.4 Å². The minimum atomic E-state index is -3.48. The van der Waals surface area contributed by atoms with E-state index in [1.165, 1.54) is 14.0 Å². The zero-order chi connectivity index (χ0) is 13.1. The first-order chi connectivity index (χ1) is 7.92. The van der Waals surface area contributed by atoms with Crippen molar-refractivity contribution in [2.24, 2.45) is 0 Å². The van der Waals surface area contributed by atoms with Crippen LogP contribution in [0.2, 0.25) is 0 Å². The quantitative estimate of drug-likeness (QED) is 0.833. The Morgan fingerprint density at radius 2 is 1.88 bits per heavy atom. The highest BCUT2D eigenvalue weighted by Gasteiger charge is 2.29. The van der Waals surface area contributed by atoms with Gasteiger partial charge >= 0.3 is 0 Å². The van der Waals surface area contributed by atoms with Gasteiger partial charge in [-0.15, -0.1) is 11.6 Å². The van der Waals surface area contributed by atoms with Crippen molar-refractivity contribution < 1.29 is 18.3 Å². The largest absolute Gasteiger partial charge is 0.497 e. The van der Waals surface area contributed by atoms with Crippen molar-refractivity contribution in [2.75, 3.05) is 12.9 Å². The summed E-state index contributed by atoms with van der Waals surface area (Å²) in [7, 11) is -1.95. The van der Waals surface area contributed by atoms with E-state index in [1.807, 2.05) is 0 Å². The molecular weight excluding hydrogens is 264 g/mol. The Kier molecular flexibility index (Phi) is 4.80. The molecule has 0 fully saturated rings. The fourth-order valence-electron chi connectivity index (χ4n) is 1.31. The Morgan fingerprint density at radius 1 is 1.35 bits per heavy atom. The van der Waals surface area contributed by atoms with Crippen molar-refractivity contribution in [3.8, 4) is 5.75 Å². The van der Waals surface area contributed by atoms with Crippen molar-refractivity contribution in [1.29, 1.82) is 0 Å². The molecule has 6 heteroatoms. The Labute approximate surface area is 106 Å². The molecule has 0 aliphatic rings. The van der Waals surface area contributed by atoms with E-state index >= 15 is 0 Å². The van der Waals surface area contributed by atoms with E-state index in [0.717, 1.165) is 0 Å². The van der Waals surface area contributed by atoms with E-state index in [9.17, 15) is 13.5 Å². The van der Waals surface area contributed by atoms with Crippen molar-refractivity contribution in [3.05, 3.63) is 29.8 Å². The van der Waals surface area contributed by atoms with Gasteiger partial charge in [0.05, 0.1) is 7.11 Å². The van der Waals surface area contributed by atoms with Crippen LogP contribution in [-0.4, -0.2) is 31.1 Å². The monoisotopic (exact) mass is 278 g/mol. The van der Waals surface area contributed by atoms with Gasteiger partial charge < -0.3 is 9.84 Å². The molecule has 96 valence electrons. The minimum Gasteiger partial charge on any atom is -0.497 e. The predicted molar refractivity (Wildman–Crippen MR) is 67.1 cm³/mol.